The van der Waals surface area contributed by atoms with Crippen molar-refractivity contribution >= 4 is 40.6 Å². The summed E-state index contributed by atoms with van der Waals surface area (Å²) in [6, 6.07) is 26.0. The van der Waals surface area contributed by atoms with Gasteiger partial charge in [-0.05, 0) is 66.5 Å². The van der Waals surface area contributed by atoms with Crippen LogP contribution in [0.2, 0.25) is 0 Å². The summed E-state index contributed by atoms with van der Waals surface area (Å²) < 4.78 is 6.04. The van der Waals surface area contributed by atoms with E-state index in [0.29, 0.717) is 12.3 Å². The Balaban J connectivity index is 1.13. The number of carbonyl (C=O) groups is 2. The molecule has 0 radical (unpaired) electrons. The predicted octanol–water partition coefficient (Wildman–Crippen LogP) is 6.00. The van der Waals surface area contributed by atoms with Crippen LogP contribution in [0.1, 0.15) is 33.9 Å². The summed E-state index contributed by atoms with van der Waals surface area (Å²) in [5.74, 6) is 0.463. The SMILES string of the molecule is Cc1ccc(N2C(=O)C3C4CC(C3C2=O)C2C4Sc3[nH]c(=O)sc3[C@@H]2c2ccc(OCc3ccccc3)cc2)cc1. The van der Waals surface area contributed by atoms with Gasteiger partial charge in [0.2, 0.25) is 11.8 Å². The van der Waals surface area contributed by atoms with Crippen molar-refractivity contribution in [3.63, 3.8) is 0 Å². The average molecular weight is 581 g/mol. The molecule has 3 fully saturated rings. The van der Waals surface area contributed by atoms with Gasteiger partial charge in [-0.1, -0.05) is 71.5 Å². The van der Waals surface area contributed by atoms with Crippen molar-refractivity contribution in [2.24, 2.45) is 29.6 Å². The van der Waals surface area contributed by atoms with Crippen LogP contribution in [0.4, 0.5) is 5.69 Å². The van der Waals surface area contributed by atoms with Gasteiger partial charge in [-0.25, -0.2) is 0 Å². The number of hydrogen-bond acceptors (Lipinski definition) is 6. The number of nitrogens with one attached hydrogen (secondary N) is 1. The minimum atomic E-state index is -0.302. The second-order valence-electron chi connectivity index (χ2n) is 11.7. The quantitative estimate of drug-likeness (QED) is 0.293. The number of imide groups is 1. The van der Waals surface area contributed by atoms with Crippen LogP contribution >= 0.6 is 23.1 Å². The number of thioether (sulfide) groups is 1. The van der Waals surface area contributed by atoms with Crippen molar-refractivity contribution in [2.75, 3.05) is 4.90 Å². The van der Waals surface area contributed by atoms with E-state index in [1.54, 1.807) is 11.8 Å². The Hall–Kier alpha value is -3.62. The Morgan fingerprint density at radius 1 is 0.878 bits per heavy atom. The van der Waals surface area contributed by atoms with Crippen LogP contribution in [-0.4, -0.2) is 22.0 Å². The highest BCUT2D eigenvalue weighted by molar-refractivity contribution is 8.00. The van der Waals surface area contributed by atoms with Crippen LogP contribution in [0.25, 0.3) is 0 Å². The number of carbonyl (C=O) groups excluding carboxylic acids is 2. The first-order valence-electron chi connectivity index (χ1n) is 14.1. The fourth-order valence-corrected chi connectivity index (χ4v) is 10.7. The third kappa shape index (κ3) is 3.87. The minimum Gasteiger partial charge on any atom is -0.489 e. The smallest absolute Gasteiger partial charge is 0.305 e. The summed E-state index contributed by atoms with van der Waals surface area (Å²) in [4.78, 5) is 45.7. The highest BCUT2D eigenvalue weighted by Crippen LogP contribution is 2.68. The number of amides is 2. The van der Waals surface area contributed by atoms with E-state index in [9.17, 15) is 14.4 Å². The lowest BCUT2D eigenvalue weighted by atomic mass is 9.68. The predicted molar refractivity (Wildman–Crippen MR) is 159 cm³/mol. The molecule has 2 amide bonds. The number of aryl methyl sites for hydroxylation is 1. The monoisotopic (exact) mass is 580 g/mol. The largest absolute Gasteiger partial charge is 0.489 e. The molecule has 6 unspecified atom stereocenters. The summed E-state index contributed by atoms with van der Waals surface area (Å²) in [6.45, 7) is 2.49. The molecule has 3 aromatic carbocycles. The summed E-state index contributed by atoms with van der Waals surface area (Å²) >= 11 is 3.00. The molecule has 41 heavy (non-hydrogen) atoms. The molecular weight excluding hydrogens is 553 g/mol. The molecule has 2 aliphatic carbocycles. The Morgan fingerprint density at radius 2 is 1.59 bits per heavy atom. The number of ether oxygens (including phenoxy) is 1. The second kappa shape index (κ2) is 9.46. The first kappa shape index (κ1) is 25.1. The lowest BCUT2D eigenvalue weighted by Gasteiger charge is -2.43. The molecule has 2 bridgehead atoms. The maximum absolute atomic E-state index is 13.9. The molecule has 8 rings (SSSR count). The van der Waals surface area contributed by atoms with Gasteiger partial charge in [0.25, 0.3) is 0 Å². The van der Waals surface area contributed by atoms with Gasteiger partial charge < -0.3 is 9.72 Å². The van der Waals surface area contributed by atoms with Crippen LogP contribution in [0.15, 0.2) is 88.7 Å². The van der Waals surface area contributed by atoms with E-state index in [2.05, 4.69) is 17.1 Å². The zero-order valence-corrected chi connectivity index (χ0v) is 24.0. The van der Waals surface area contributed by atoms with Crippen molar-refractivity contribution in [2.45, 2.75) is 36.1 Å². The number of rotatable bonds is 5. The van der Waals surface area contributed by atoms with Crippen LogP contribution in [0.5, 0.6) is 5.75 Å². The number of hydrogen-bond donors (Lipinski definition) is 1. The van der Waals surface area contributed by atoms with Crippen LogP contribution in [0.3, 0.4) is 0 Å². The van der Waals surface area contributed by atoms with Gasteiger partial charge in [0.15, 0.2) is 0 Å². The number of fused-ring (bicyclic) bond motifs is 9. The van der Waals surface area contributed by atoms with Crippen molar-refractivity contribution in [3.8, 4) is 5.75 Å². The zero-order valence-electron chi connectivity index (χ0n) is 22.4. The molecule has 1 N–H and O–H groups in total. The van der Waals surface area contributed by atoms with Gasteiger partial charge in [-0.3, -0.25) is 19.3 Å². The van der Waals surface area contributed by atoms with Gasteiger partial charge in [0.05, 0.1) is 22.5 Å². The zero-order chi connectivity index (χ0) is 27.8. The summed E-state index contributed by atoms with van der Waals surface area (Å²) in [5.41, 5.74) is 3.99. The number of nitrogens with zero attached hydrogens (tertiary/aromatic N) is 1. The fraction of sp³-hybridized carbons (Fsp3) is 0.303. The molecule has 2 aliphatic heterocycles. The Morgan fingerprint density at radius 3 is 2.32 bits per heavy atom. The Bertz CT molecular complexity index is 1710. The lowest BCUT2D eigenvalue weighted by Crippen LogP contribution is -2.42. The first-order chi connectivity index (χ1) is 20.0. The summed E-state index contributed by atoms with van der Waals surface area (Å²) in [6.07, 6.45) is 0.880. The van der Waals surface area contributed by atoms with Gasteiger partial charge in [-0.15, -0.1) is 11.8 Å². The van der Waals surface area contributed by atoms with Crippen LogP contribution in [-0.2, 0) is 16.2 Å². The van der Waals surface area contributed by atoms with Crippen molar-refractivity contribution in [1.29, 1.82) is 0 Å². The Labute approximate surface area is 245 Å². The highest BCUT2D eigenvalue weighted by atomic mass is 32.2. The molecule has 6 nitrogen and oxygen atoms in total. The molecule has 8 heteroatoms. The minimum absolute atomic E-state index is 0.00403. The average Bonchev–Trinajstić information content (AvgIpc) is 3.72. The van der Waals surface area contributed by atoms with Crippen LogP contribution in [0, 0.1) is 36.5 Å². The van der Waals surface area contributed by atoms with Crippen molar-refractivity contribution < 1.29 is 14.3 Å². The van der Waals surface area contributed by atoms with Gasteiger partial charge in [-0.2, -0.15) is 0 Å². The number of anilines is 1. The first-order valence-corrected chi connectivity index (χ1v) is 15.8. The number of benzene rings is 3. The molecule has 3 heterocycles. The van der Waals surface area contributed by atoms with E-state index >= 15 is 0 Å². The molecule has 1 aromatic heterocycles. The molecule has 206 valence electrons. The highest BCUT2D eigenvalue weighted by Gasteiger charge is 2.69. The number of aromatic amines is 1. The third-order valence-electron chi connectivity index (χ3n) is 9.50. The van der Waals surface area contributed by atoms with E-state index in [4.69, 9.17) is 4.74 Å². The standard InChI is InChI=1S/C33H28N2O4S2/c1-17-7-11-20(12-8-17)35-31(36)26-22-15-23(27(26)32(35)37)28-25(22)24(29-30(40-28)34-33(38)41-29)19-9-13-21(14-10-19)39-16-18-5-3-2-4-6-18/h2-14,22-28H,15-16H2,1H3,(H,34,38)/t22?,23?,24-,25?,26?,27?,28?/m1/s1. The van der Waals surface area contributed by atoms with Gasteiger partial charge >= 0.3 is 4.87 Å². The maximum atomic E-state index is 13.9. The van der Waals surface area contributed by atoms with Crippen molar-refractivity contribution in [3.05, 3.63) is 110 Å². The number of thiazole rings is 1. The molecule has 4 aromatic rings. The third-order valence-corrected chi connectivity index (χ3v) is 12.1. The second-order valence-corrected chi connectivity index (χ2v) is 13.9. The molecule has 0 spiro atoms. The maximum Gasteiger partial charge on any atom is 0.305 e. The molecule has 2 saturated carbocycles. The lowest BCUT2D eigenvalue weighted by molar-refractivity contribution is -0.123. The number of H-pyrrole nitrogens is 1. The summed E-state index contributed by atoms with van der Waals surface area (Å²) in [5, 5.41) is 1.10. The molecule has 7 atom stereocenters. The van der Waals surface area contributed by atoms with E-state index in [-0.39, 0.29) is 57.4 Å². The fourth-order valence-electron chi connectivity index (χ4n) is 7.85. The topological polar surface area (TPSA) is 79.5 Å². The van der Waals surface area contributed by atoms with E-state index in [1.165, 1.54) is 16.2 Å². The normalized spacial score (nSPS) is 29.4. The van der Waals surface area contributed by atoms with E-state index < -0.39 is 0 Å². The van der Waals surface area contributed by atoms with Gasteiger partial charge in [0.1, 0.15) is 12.4 Å². The van der Waals surface area contributed by atoms with E-state index in [1.807, 2.05) is 73.7 Å². The van der Waals surface area contributed by atoms with Crippen LogP contribution < -0.4 is 14.5 Å². The molecular formula is C33H28N2O4S2. The molecule has 4 aliphatic rings. The van der Waals surface area contributed by atoms with E-state index in [0.717, 1.165) is 38.8 Å². The molecule has 1 saturated heterocycles. The Kier molecular flexibility index (Phi) is 5.80. The van der Waals surface area contributed by atoms with Gasteiger partial charge in [0, 0.05) is 16.0 Å². The number of aromatic nitrogens is 1. The van der Waals surface area contributed by atoms with Crippen molar-refractivity contribution in [1.82, 2.24) is 4.98 Å². The summed E-state index contributed by atoms with van der Waals surface area (Å²) in [7, 11) is 0.